The molecule has 0 radical (unpaired) electrons. The molecule has 1 atom stereocenters. The van der Waals surface area contributed by atoms with Gasteiger partial charge in [0.2, 0.25) is 11.8 Å². The standard InChI is InChI=1S/C17H25N3O2/c1-13(2)15-9-16(21)20(12-18-15)11-17(22)19(3)10-14-7-5-4-6-8-14/h4-8,13,15,18H,9-12H2,1-3H3. The molecule has 0 aliphatic carbocycles. The molecule has 1 saturated heterocycles. The van der Waals surface area contributed by atoms with Crippen molar-refractivity contribution < 1.29 is 9.59 Å². The zero-order valence-electron chi connectivity index (χ0n) is 13.6. The third-order valence-corrected chi connectivity index (χ3v) is 4.11. The molecular formula is C17H25N3O2. The molecule has 1 aliphatic rings. The maximum Gasteiger partial charge on any atom is 0.242 e. The Labute approximate surface area is 132 Å². The summed E-state index contributed by atoms with van der Waals surface area (Å²) in [6.07, 6.45) is 0.466. The Hall–Kier alpha value is -1.88. The van der Waals surface area contributed by atoms with Gasteiger partial charge in [-0.1, -0.05) is 44.2 Å². The lowest BCUT2D eigenvalue weighted by Gasteiger charge is -2.35. The number of nitrogens with one attached hydrogen (secondary N) is 1. The van der Waals surface area contributed by atoms with Crippen molar-refractivity contribution in [3.8, 4) is 0 Å². The van der Waals surface area contributed by atoms with E-state index in [-0.39, 0.29) is 24.4 Å². The summed E-state index contributed by atoms with van der Waals surface area (Å²) >= 11 is 0. The van der Waals surface area contributed by atoms with E-state index in [0.717, 1.165) is 5.56 Å². The van der Waals surface area contributed by atoms with Gasteiger partial charge in [0.25, 0.3) is 0 Å². The maximum absolute atomic E-state index is 12.3. The van der Waals surface area contributed by atoms with E-state index in [1.54, 1.807) is 16.8 Å². The summed E-state index contributed by atoms with van der Waals surface area (Å²) in [6.45, 7) is 5.34. The molecule has 1 N–H and O–H groups in total. The van der Waals surface area contributed by atoms with Crippen LogP contribution in [0.5, 0.6) is 0 Å². The molecular weight excluding hydrogens is 278 g/mol. The SMILES string of the molecule is CC(C)C1CC(=O)N(CC(=O)N(C)Cc2ccccc2)CN1. The number of rotatable bonds is 5. The molecule has 1 aromatic carbocycles. The molecule has 1 aliphatic heterocycles. The Bertz CT molecular complexity index is 516. The van der Waals surface area contributed by atoms with E-state index in [0.29, 0.717) is 25.6 Å². The lowest BCUT2D eigenvalue weighted by Crippen LogP contribution is -2.54. The van der Waals surface area contributed by atoms with Gasteiger partial charge in [-0.15, -0.1) is 0 Å². The van der Waals surface area contributed by atoms with E-state index in [2.05, 4.69) is 19.2 Å². The van der Waals surface area contributed by atoms with Crippen molar-refractivity contribution in [2.75, 3.05) is 20.3 Å². The van der Waals surface area contributed by atoms with Crippen LogP contribution in [-0.4, -0.2) is 47.9 Å². The van der Waals surface area contributed by atoms with Crippen LogP contribution in [0, 0.1) is 5.92 Å². The van der Waals surface area contributed by atoms with Gasteiger partial charge in [0.1, 0.15) is 6.54 Å². The van der Waals surface area contributed by atoms with Crippen LogP contribution in [0.2, 0.25) is 0 Å². The lowest BCUT2D eigenvalue weighted by molar-refractivity contribution is -0.143. The van der Waals surface area contributed by atoms with Crippen LogP contribution in [-0.2, 0) is 16.1 Å². The molecule has 1 heterocycles. The molecule has 1 unspecified atom stereocenters. The molecule has 0 bridgehead atoms. The Kier molecular flexibility index (Phi) is 5.55. The summed E-state index contributed by atoms with van der Waals surface area (Å²) in [7, 11) is 1.77. The highest BCUT2D eigenvalue weighted by atomic mass is 16.2. The normalized spacial score (nSPS) is 18.6. The predicted octanol–water partition coefficient (Wildman–Crippen LogP) is 1.45. The molecule has 120 valence electrons. The number of benzene rings is 1. The average molecular weight is 303 g/mol. The fraction of sp³-hybridized carbons (Fsp3) is 0.529. The first kappa shape index (κ1) is 16.5. The van der Waals surface area contributed by atoms with E-state index >= 15 is 0 Å². The highest BCUT2D eigenvalue weighted by Gasteiger charge is 2.28. The molecule has 5 heteroatoms. The molecule has 2 amide bonds. The van der Waals surface area contributed by atoms with Crippen molar-refractivity contribution in [2.24, 2.45) is 5.92 Å². The fourth-order valence-electron chi connectivity index (χ4n) is 2.55. The maximum atomic E-state index is 12.3. The van der Waals surface area contributed by atoms with Crippen molar-refractivity contribution in [2.45, 2.75) is 32.9 Å². The summed E-state index contributed by atoms with van der Waals surface area (Å²) in [5, 5.41) is 3.33. The number of likely N-dealkylation sites (N-methyl/N-ethyl adjacent to an activating group) is 1. The summed E-state index contributed by atoms with van der Waals surface area (Å²) in [5.41, 5.74) is 1.08. The van der Waals surface area contributed by atoms with Gasteiger partial charge in [-0.25, -0.2) is 0 Å². The number of hydrogen-bond donors (Lipinski definition) is 1. The van der Waals surface area contributed by atoms with Crippen LogP contribution in [0.4, 0.5) is 0 Å². The van der Waals surface area contributed by atoms with Gasteiger partial charge in [-0.3, -0.25) is 14.9 Å². The van der Waals surface area contributed by atoms with Crippen LogP contribution in [0.1, 0.15) is 25.8 Å². The number of nitrogens with zero attached hydrogens (tertiary/aromatic N) is 2. The molecule has 1 aromatic rings. The second kappa shape index (κ2) is 7.40. The van der Waals surface area contributed by atoms with Gasteiger partial charge in [0.15, 0.2) is 0 Å². The summed E-state index contributed by atoms with van der Waals surface area (Å²) in [4.78, 5) is 27.7. The van der Waals surface area contributed by atoms with Crippen molar-refractivity contribution in [1.82, 2.24) is 15.1 Å². The van der Waals surface area contributed by atoms with Gasteiger partial charge in [0.05, 0.1) is 6.67 Å². The van der Waals surface area contributed by atoms with Gasteiger partial charge in [0, 0.05) is 26.1 Å². The summed E-state index contributed by atoms with van der Waals surface area (Å²) in [6, 6.07) is 10.1. The zero-order valence-corrected chi connectivity index (χ0v) is 13.6. The van der Waals surface area contributed by atoms with Gasteiger partial charge >= 0.3 is 0 Å². The van der Waals surface area contributed by atoms with Crippen LogP contribution >= 0.6 is 0 Å². The first-order valence-corrected chi connectivity index (χ1v) is 7.76. The molecule has 22 heavy (non-hydrogen) atoms. The van der Waals surface area contributed by atoms with E-state index in [9.17, 15) is 9.59 Å². The smallest absolute Gasteiger partial charge is 0.242 e. The van der Waals surface area contributed by atoms with Crippen molar-refractivity contribution in [1.29, 1.82) is 0 Å². The third kappa shape index (κ3) is 4.31. The second-order valence-corrected chi connectivity index (χ2v) is 6.24. The Morgan fingerprint density at radius 3 is 2.64 bits per heavy atom. The van der Waals surface area contributed by atoms with E-state index in [1.807, 2.05) is 30.3 Å². The molecule has 0 aromatic heterocycles. The van der Waals surface area contributed by atoms with Crippen LogP contribution in [0.15, 0.2) is 30.3 Å². The monoisotopic (exact) mass is 303 g/mol. The molecule has 5 nitrogen and oxygen atoms in total. The van der Waals surface area contributed by atoms with Crippen molar-refractivity contribution >= 4 is 11.8 Å². The third-order valence-electron chi connectivity index (χ3n) is 4.11. The molecule has 2 rings (SSSR count). The number of amides is 2. The van der Waals surface area contributed by atoms with Gasteiger partial charge in [-0.05, 0) is 11.5 Å². The average Bonchev–Trinajstić information content (AvgIpc) is 2.50. The Morgan fingerprint density at radius 1 is 1.36 bits per heavy atom. The minimum absolute atomic E-state index is 0.0398. The van der Waals surface area contributed by atoms with Crippen LogP contribution in [0.3, 0.4) is 0 Å². The number of hydrogen-bond acceptors (Lipinski definition) is 3. The molecule has 0 spiro atoms. The minimum atomic E-state index is -0.0398. The highest BCUT2D eigenvalue weighted by molar-refractivity contribution is 5.85. The first-order valence-electron chi connectivity index (χ1n) is 7.76. The fourth-order valence-corrected chi connectivity index (χ4v) is 2.55. The Morgan fingerprint density at radius 2 is 2.05 bits per heavy atom. The molecule has 0 saturated carbocycles. The molecule has 1 fully saturated rings. The van der Waals surface area contributed by atoms with Crippen LogP contribution < -0.4 is 5.32 Å². The van der Waals surface area contributed by atoms with Gasteiger partial charge in [-0.2, -0.15) is 0 Å². The van der Waals surface area contributed by atoms with E-state index in [4.69, 9.17) is 0 Å². The zero-order chi connectivity index (χ0) is 16.1. The topological polar surface area (TPSA) is 52.7 Å². The first-order chi connectivity index (χ1) is 10.5. The summed E-state index contributed by atoms with van der Waals surface area (Å²) in [5.74, 6) is 0.434. The second-order valence-electron chi connectivity index (χ2n) is 6.24. The number of carbonyl (C=O) groups excluding carboxylic acids is 2. The number of carbonyl (C=O) groups is 2. The predicted molar refractivity (Wildman–Crippen MR) is 85.9 cm³/mol. The van der Waals surface area contributed by atoms with Gasteiger partial charge < -0.3 is 9.80 Å². The van der Waals surface area contributed by atoms with E-state index in [1.165, 1.54) is 0 Å². The highest BCUT2D eigenvalue weighted by Crippen LogP contribution is 2.13. The van der Waals surface area contributed by atoms with E-state index < -0.39 is 0 Å². The quantitative estimate of drug-likeness (QED) is 0.896. The summed E-state index contributed by atoms with van der Waals surface area (Å²) < 4.78 is 0. The minimum Gasteiger partial charge on any atom is -0.340 e. The van der Waals surface area contributed by atoms with Crippen LogP contribution in [0.25, 0.3) is 0 Å². The lowest BCUT2D eigenvalue weighted by atomic mass is 9.99. The Balaban J connectivity index is 1.85. The largest absolute Gasteiger partial charge is 0.340 e. The van der Waals surface area contributed by atoms with Crippen molar-refractivity contribution in [3.05, 3.63) is 35.9 Å². The van der Waals surface area contributed by atoms with Crippen molar-refractivity contribution in [3.63, 3.8) is 0 Å².